The van der Waals surface area contributed by atoms with Crippen molar-refractivity contribution in [1.29, 1.82) is 0 Å². The molecule has 0 radical (unpaired) electrons. The van der Waals surface area contributed by atoms with Crippen LogP contribution in [0.3, 0.4) is 0 Å². The number of urea groups is 1. The highest BCUT2D eigenvalue weighted by molar-refractivity contribution is 5.86. The van der Waals surface area contributed by atoms with Gasteiger partial charge < -0.3 is 25.5 Å². The van der Waals surface area contributed by atoms with E-state index in [1.54, 1.807) is 4.90 Å². The van der Waals surface area contributed by atoms with Crippen LogP contribution >= 0.6 is 0 Å². The van der Waals surface area contributed by atoms with Crippen molar-refractivity contribution in [2.75, 3.05) is 39.3 Å². The molecule has 3 rings (SSSR count). The number of amides is 3. The summed E-state index contributed by atoms with van der Waals surface area (Å²) in [5, 5.41) is 16.5. The second kappa shape index (κ2) is 8.18. The van der Waals surface area contributed by atoms with Crippen molar-refractivity contribution in [3.8, 4) is 0 Å². The zero-order chi connectivity index (χ0) is 19.4. The number of rotatable bonds is 7. The van der Waals surface area contributed by atoms with E-state index < -0.39 is 23.1 Å². The quantitative estimate of drug-likeness (QED) is 0.598. The number of carbonyl (C=O) groups is 2. The summed E-state index contributed by atoms with van der Waals surface area (Å²) in [7, 11) is 0. The maximum absolute atomic E-state index is 13.4. The van der Waals surface area contributed by atoms with E-state index in [-0.39, 0.29) is 19.1 Å². The van der Waals surface area contributed by atoms with Crippen molar-refractivity contribution in [1.82, 2.24) is 20.4 Å². The fourth-order valence-corrected chi connectivity index (χ4v) is 3.47. The van der Waals surface area contributed by atoms with Crippen LogP contribution in [-0.2, 0) is 11.3 Å². The first-order valence-corrected chi connectivity index (χ1v) is 9.08. The highest BCUT2D eigenvalue weighted by atomic mass is 19.2. The van der Waals surface area contributed by atoms with Crippen LogP contribution < -0.4 is 10.6 Å². The number of likely N-dealkylation sites (tertiary alicyclic amines) is 1. The van der Waals surface area contributed by atoms with Gasteiger partial charge >= 0.3 is 6.03 Å². The predicted molar refractivity (Wildman–Crippen MR) is 93.8 cm³/mol. The van der Waals surface area contributed by atoms with Crippen LogP contribution in [0.1, 0.15) is 18.4 Å². The molecule has 0 aliphatic carbocycles. The van der Waals surface area contributed by atoms with Crippen LogP contribution in [0, 0.1) is 11.6 Å². The number of nitrogens with one attached hydrogen (secondary N) is 2. The summed E-state index contributed by atoms with van der Waals surface area (Å²) in [5.74, 6) is -2.32. The summed E-state index contributed by atoms with van der Waals surface area (Å²) in [6.07, 6.45) is 0.944. The van der Waals surface area contributed by atoms with Gasteiger partial charge in [0, 0.05) is 45.8 Å². The zero-order valence-corrected chi connectivity index (χ0v) is 15.0. The van der Waals surface area contributed by atoms with Crippen molar-refractivity contribution in [3.63, 3.8) is 0 Å². The van der Waals surface area contributed by atoms with E-state index >= 15 is 0 Å². The maximum atomic E-state index is 13.4. The van der Waals surface area contributed by atoms with Crippen molar-refractivity contribution in [2.24, 2.45) is 0 Å². The van der Waals surface area contributed by atoms with Crippen molar-refractivity contribution >= 4 is 11.9 Å². The Hall–Kier alpha value is -2.26. The van der Waals surface area contributed by atoms with Crippen molar-refractivity contribution in [3.05, 3.63) is 35.4 Å². The SMILES string of the molecule is O=C1NCCN1CCNCC1(O)CCCN(Cc2ccc(F)c(F)c2)C1=O. The lowest BCUT2D eigenvalue weighted by Gasteiger charge is -2.38. The fraction of sp³-hybridized carbons (Fsp3) is 0.556. The molecular weight excluding hydrogens is 358 g/mol. The highest BCUT2D eigenvalue weighted by Crippen LogP contribution is 2.24. The standard InChI is InChI=1S/C18H24F2N4O3/c19-14-3-2-13(10-15(14)20)11-24-7-1-4-18(27,16(24)25)12-21-5-8-23-9-6-22-17(23)26/h2-3,10,21,27H,1,4-9,11-12H2,(H,22,26). The molecule has 0 aromatic heterocycles. The number of hydrogen-bond donors (Lipinski definition) is 3. The average Bonchev–Trinajstić information content (AvgIpc) is 3.04. The molecule has 148 valence electrons. The second-order valence-corrected chi connectivity index (χ2v) is 7.01. The minimum atomic E-state index is -1.54. The number of benzene rings is 1. The summed E-state index contributed by atoms with van der Waals surface area (Å²) >= 11 is 0. The Kier molecular flexibility index (Phi) is 5.91. The molecule has 1 atom stereocenters. The summed E-state index contributed by atoms with van der Waals surface area (Å²) in [6, 6.07) is 3.41. The van der Waals surface area contributed by atoms with Crippen LogP contribution in [0.25, 0.3) is 0 Å². The summed E-state index contributed by atoms with van der Waals surface area (Å²) in [4.78, 5) is 27.3. The van der Waals surface area contributed by atoms with Crippen molar-refractivity contribution < 1.29 is 23.5 Å². The summed E-state index contributed by atoms with van der Waals surface area (Å²) in [6.45, 7) is 2.88. The largest absolute Gasteiger partial charge is 0.379 e. The smallest absolute Gasteiger partial charge is 0.317 e. The number of nitrogens with zero attached hydrogens (tertiary/aromatic N) is 2. The Bertz CT molecular complexity index is 718. The van der Waals surface area contributed by atoms with E-state index in [0.717, 1.165) is 12.1 Å². The third kappa shape index (κ3) is 4.54. The molecule has 1 unspecified atom stereocenters. The Balaban J connectivity index is 1.52. The van der Waals surface area contributed by atoms with Gasteiger partial charge in [-0.2, -0.15) is 0 Å². The number of halogens is 2. The molecular formula is C18H24F2N4O3. The van der Waals surface area contributed by atoms with Crippen LogP contribution in [0.15, 0.2) is 18.2 Å². The third-order valence-corrected chi connectivity index (χ3v) is 4.98. The molecule has 1 aromatic rings. The summed E-state index contributed by atoms with van der Waals surface area (Å²) in [5.41, 5.74) is -1.07. The molecule has 2 aliphatic rings. The maximum Gasteiger partial charge on any atom is 0.317 e. The third-order valence-electron chi connectivity index (χ3n) is 4.98. The summed E-state index contributed by atoms with van der Waals surface area (Å²) < 4.78 is 26.4. The molecule has 3 N–H and O–H groups in total. The fourth-order valence-electron chi connectivity index (χ4n) is 3.47. The normalized spacial score (nSPS) is 23.1. The van der Waals surface area contributed by atoms with Gasteiger partial charge in [-0.25, -0.2) is 13.6 Å². The Morgan fingerprint density at radius 1 is 1.19 bits per heavy atom. The van der Waals surface area contributed by atoms with Gasteiger partial charge in [0.2, 0.25) is 0 Å². The van der Waals surface area contributed by atoms with Gasteiger partial charge in [0.05, 0.1) is 0 Å². The molecule has 27 heavy (non-hydrogen) atoms. The van der Waals surface area contributed by atoms with Gasteiger partial charge in [0.15, 0.2) is 17.2 Å². The van der Waals surface area contributed by atoms with Gasteiger partial charge in [0.1, 0.15) is 0 Å². The van der Waals surface area contributed by atoms with E-state index in [9.17, 15) is 23.5 Å². The minimum Gasteiger partial charge on any atom is -0.379 e. The van der Waals surface area contributed by atoms with Gasteiger partial charge in [-0.15, -0.1) is 0 Å². The Morgan fingerprint density at radius 3 is 2.70 bits per heavy atom. The van der Waals surface area contributed by atoms with Gasteiger partial charge in [-0.1, -0.05) is 6.07 Å². The number of piperidine rings is 1. The molecule has 1 aromatic carbocycles. The van der Waals surface area contributed by atoms with Crippen LogP contribution in [0.4, 0.5) is 13.6 Å². The topological polar surface area (TPSA) is 84.9 Å². The lowest BCUT2D eigenvalue weighted by molar-refractivity contribution is -0.157. The molecule has 2 fully saturated rings. The molecule has 0 spiro atoms. The molecule has 0 bridgehead atoms. The van der Waals surface area contributed by atoms with Gasteiger partial charge in [-0.3, -0.25) is 4.79 Å². The molecule has 2 aliphatic heterocycles. The van der Waals surface area contributed by atoms with E-state index in [0.29, 0.717) is 51.1 Å². The molecule has 2 saturated heterocycles. The van der Waals surface area contributed by atoms with Crippen LogP contribution in [-0.4, -0.2) is 71.7 Å². The first kappa shape index (κ1) is 19.5. The predicted octanol–water partition coefficient (Wildman–Crippen LogP) is 0.433. The zero-order valence-electron chi connectivity index (χ0n) is 15.0. The number of hydrogen-bond acceptors (Lipinski definition) is 4. The highest BCUT2D eigenvalue weighted by Gasteiger charge is 2.41. The first-order valence-electron chi connectivity index (χ1n) is 9.08. The molecule has 0 saturated carbocycles. The Morgan fingerprint density at radius 2 is 2.00 bits per heavy atom. The monoisotopic (exact) mass is 382 g/mol. The molecule has 7 nitrogen and oxygen atoms in total. The Labute approximate surface area is 156 Å². The average molecular weight is 382 g/mol. The van der Waals surface area contributed by atoms with Gasteiger partial charge in [0.25, 0.3) is 5.91 Å². The van der Waals surface area contributed by atoms with E-state index in [1.165, 1.54) is 11.0 Å². The molecule has 2 heterocycles. The minimum absolute atomic E-state index is 0.0789. The second-order valence-electron chi connectivity index (χ2n) is 7.01. The van der Waals surface area contributed by atoms with Gasteiger partial charge in [-0.05, 0) is 30.5 Å². The molecule has 9 heteroatoms. The van der Waals surface area contributed by atoms with Crippen LogP contribution in [0.5, 0.6) is 0 Å². The van der Waals surface area contributed by atoms with E-state index in [1.807, 2.05) is 0 Å². The number of carbonyl (C=O) groups excluding carboxylic acids is 2. The molecule has 3 amide bonds. The van der Waals surface area contributed by atoms with E-state index in [4.69, 9.17) is 0 Å². The van der Waals surface area contributed by atoms with Crippen LogP contribution in [0.2, 0.25) is 0 Å². The van der Waals surface area contributed by atoms with E-state index in [2.05, 4.69) is 10.6 Å². The number of aliphatic hydroxyl groups is 1. The first-order chi connectivity index (χ1) is 12.9. The van der Waals surface area contributed by atoms with Crippen molar-refractivity contribution in [2.45, 2.75) is 25.0 Å². The lowest BCUT2D eigenvalue weighted by Crippen LogP contribution is -2.58. The lowest BCUT2D eigenvalue weighted by atomic mass is 9.91.